The third kappa shape index (κ3) is 7.04. The number of halogens is 2. The number of ether oxygens (including phenoxy) is 4. The second kappa shape index (κ2) is 16.5. The van der Waals surface area contributed by atoms with E-state index in [1.807, 2.05) is 91.0 Å². The summed E-state index contributed by atoms with van der Waals surface area (Å²) < 4.78 is 24.7. The van der Waals surface area contributed by atoms with Gasteiger partial charge in [-0.2, -0.15) is 0 Å². The van der Waals surface area contributed by atoms with E-state index in [0.29, 0.717) is 32.3 Å². The number of carbonyl (C=O) groups is 1. The highest BCUT2D eigenvalue weighted by Gasteiger charge is 2.43. The van der Waals surface area contributed by atoms with Gasteiger partial charge < -0.3 is 23.8 Å². The Morgan fingerprint density at radius 1 is 0.509 bits per heavy atom. The predicted octanol–water partition coefficient (Wildman–Crippen LogP) is 11.1. The van der Waals surface area contributed by atoms with Crippen molar-refractivity contribution in [3.63, 3.8) is 0 Å². The molecule has 0 aromatic heterocycles. The summed E-state index contributed by atoms with van der Waals surface area (Å²) >= 11 is 15.6. The lowest BCUT2D eigenvalue weighted by Gasteiger charge is -2.35. The zero-order valence-electron chi connectivity index (χ0n) is 30.8. The zero-order valence-corrected chi connectivity index (χ0v) is 34.0. The van der Waals surface area contributed by atoms with E-state index < -0.39 is 11.6 Å². The molecule has 4 aliphatic rings. The molecule has 0 bridgehead atoms. The van der Waals surface area contributed by atoms with Crippen LogP contribution in [0.4, 0.5) is 22.7 Å². The molecule has 57 heavy (non-hydrogen) atoms. The minimum atomic E-state index is -0.979. The molecule has 0 saturated carbocycles. The van der Waals surface area contributed by atoms with Crippen LogP contribution in [-0.2, 0) is 35.3 Å². The van der Waals surface area contributed by atoms with Crippen LogP contribution in [0.3, 0.4) is 0 Å². The number of amides is 1. The summed E-state index contributed by atoms with van der Waals surface area (Å²) in [6.07, 6.45) is 0. The summed E-state index contributed by atoms with van der Waals surface area (Å²) in [5.74, 6) is -1.54. The topological polar surface area (TPSA) is 60.5 Å². The highest BCUT2D eigenvalue weighted by molar-refractivity contribution is 8.00. The summed E-state index contributed by atoms with van der Waals surface area (Å²) in [4.78, 5) is 21.3. The van der Waals surface area contributed by atoms with Crippen molar-refractivity contribution in [2.45, 2.75) is 31.2 Å². The fourth-order valence-corrected chi connectivity index (χ4v) is 10.2. The van der Waals surface area contributed by atoms with E-state index in [-0.39, 0.29) is 11.8 Å². The van der Waals surface area contributed by atoms with Gasteiger partial charge >= 0.3 is 0 Å². The number of anilines is 4. The predicted molar refractivity (Wildman–Crippen MR) is 228 cm³/mol. The fraction of sp³-hybridized carbons (Fsp3) is 0.196. The van der Waals surface area contributed by atoms with Gasteiger partial charge in [-0.1, -0.05) is 121 Å². The molecule has 6 aromatic carbocycles. The maximum atomic E-state index is 12.8. The third-order valence-electron chi connectivity index (χ3n) is 10.3. The molecule has 1 amide bonds. The van der Waals surface area contributed by atoms with Crippen LogP contribution in [0.2, 0.25) is 0 Å². The zero-order chi connectivity index (χ0) is 38.8. The lowest BCUT2D eigenvalue weighted by Crippen LogP contribution is -2.32. The number of benzene rings is 6. The molecule has 0 atom stereocenters. The van der Waals surface area contributed by atoms with Crippen LogP contribution in [0.25, 0.3) is 0 Å². The van der Waals surface area contributed by atoms with Crippen LogP contribution >= 0.6 is 46.7 Å². The van der Waals surface area contributed by atoms with Gasteiger partial charge in [0, 0.05) is 54.3 Å². The van der Waals surface area contributed by atoms with Crippen molar-refractivity contribution in [2.75, 3.05) is 54.5 Å². The van der Waals surface area contributed by atoms with E-state index >= 15 is 0 Å². The lowest BCUT2D eigenvalue weighted by molar-refractivity contribution is -0.130. The van der Waals surface area contributed by atoms with Crippen molar-refractivity contribution in [2.24, 2.45) is 0 Å². The largest absolute Gasteiger partial charge is 0.340 e. The number of nitrogens with zero attached hydrogens (tertiary/aromatic N) is 2. The molecule has 4 aliphatic heterocycles. The molecule has 11 heteroatoms. The first kappa shape index (κ1) is 38.2. The molecule has 7 nitrogen and oxygen atoms in total. The first-order valence-electron chi connectivity index (χ1n) is 18.8. The summed E-state index contributed by atoms with van der Waals surface area (Å²) in [6.45, 7) is 2.92. The summed E-state index contributed by atoms with van der Waals surface area (Å²) in [7, 11) is 0. The Morgan fingerprint density at radius 2 is 0.947 bits per heavy atom. The summed E-state index contributed by atoms with van der Waals surface area (Å²) in [5, 5.41) is 0. The van der Waals surface area contributed by atoms with Crippen molar-refractivity contribution in [1.29, 1.82) is 0 Å². The number of para-hydroxylation sites is 2. The van der Waals surface area contributed by atoms with Gasteiger partial charge in [0.1, 0.15) is 5.88 Å². The average Bonchev–Trinajstić information content (AvgIpc) is 3.99. The van der Waals surface area contributed by atoms with Crippen molar-refractivity contribution in [1.82, 2.24) is 0 Å². The molecule has 0 spiro atoms. The first-order valence-corrected chi connectivity index (χ1v) is 21.5. The van der Waals surface area contributed by atoms with Gasteiger partial charge in [-0.05, 0) is 48.5 Å². The van der Waals surface area contributed by atoms with Crippen LogP contribution in [0.15, 0.2) is 165 Å². The first-order chi connectivity index (χ1) is 28.0. The lowest BCUT2D eigenvalue weighted by atomic mass is 9.96. The van der Waals surface area contributed by atoms with Gasteiger partial charge in [-0.3, -0.25) is 9.69 Å². The van der Waals surface area contributed by atoms with Crippen molar-refractivity contribution >= 4 is 75.4 Å². The number of hydrogen-bond donors (Lipinski definition) is 0. The SMILES string of the molecule is ClCCN1c2ccccc2Sc2ccc(C3(c4ccccc4)OCCO3)cc21.O=C(CCl)N1c2ccccc2Sc2ccc(C3(c4ccccc4)OCCO3)cc21. The van der Waals surface area contributed by atoms with Gasteiger partial charge in [0.05, 0.1) is 49.2 Å². The Hall–Kier alpha value is -4.29. The molecule has 2 fully saturated rings. The Kier molecular flexibility index (Phi) is 11.1. The molecular formula is C46H38Cl2N2O5S2. The monoisotopic (exact) mass is 832 g/mol. The Morgan fingerprint density at radius 3 is 1.47 bits per heavy atom. The molecule has 0 aliphatic carbocycles. The van der Waals surface area contributed by atoms with Crippen LogP contribution in [-0.4, -0.2) is 50.6 Å². The maximum Gasteiger partial charge on any atom is 0.246 e. The quantitative estimate of drug-likeness (QED) is 0.147. The number of hydrogen-bond acceptors (Lipinski definition) is 8. The summed E-state index contributed by atoms with van der Waals surface area (Å²) in [6, 6.07) is 48.9. The Balaban J connectivity index is 0.000000148. The van der Waals surface area contributed by atoms with E-state index in [0.717, 1.165) is 55.7 Å². The molecular weight excluding hydrogens is 796 g/mol. The van der Waals surface area contributed by atoms with Gasteiger partial charge in [-0.25, -0.2) is 0 Å². The molecule has 288 valence electrons. The van der Waals surface area contributed by atoms with E-state index in [2.05, 4.69) is 59.5 Å². The minimum Gasteiger partial charge on any atom is -0.340 e. The van der Waals surface area contributed by atoms with Crippen LogP contribution in [0.5, 0.6) is 0 Å². The third-order valence-corrected chi connectivity index (χ3v) is 12.9. The van der Waals surface area contributed by atoms with E-state index in [9.17, 15) is 4.79 Å². The Bertz CT molecular complexity index is 2390. The van der Waals surface area contributed by atoms with Gasteiger partial charge in [-0.15, -0.1) is 23.2 Å². The van der Waals surface area contributed by atoms with E-state index in [1.54, 1.807) is 28.4 Å². The molecule has 2 saturated heterocycles. The van der Waals surface area contributed by atoms with Crippen LogP contribution < -0.4 is 9.80 Å². The molecule has 0 N–H and O–H groups in total. The standard InChI is InChI=1S/C23H18ClNO3S.C23H20ClNO2S/c24-15-22(26)25-18-8-4-5-9-20(18)29-21-11-10-17(14-19(21)25)23(27-12-13-28-23)16-6-2-1-3-7-16;24-12-13-25-19-8-4-5-9-21(19)28-22-11-10-18(16-20(22)25)23(26-14-15-27-23)17-6-2-1-3-7-17/h1-11,14H,12-13,15H2;1-11,16H,12-15H2. The van der Waals surface area contributed by atoms with Gasteiger partial charge in [0.2, 0.25) is 17.5 Å². The van der Waals surface area contributed by atoms with E-state index in [1.165, 1.54) is 15.5 Å². The normalized spacial score (nSPS) is 17.1. The number of rotatable bonds is 7. The van der Waals surface area contributed by atoms with E-state index in [4.69, 9.17) is 42.1 Å². The van der Waals surface area contributed by atoms with Crippen LogP contribution in [0.1, 0.15) is 22.3 Å². The second-order valence-corrected chi connectivity index (χ2v) is 16.4. The van der Waals surface area contributed by atoms with Crippen LogP contribution in [0, 0.1) is 0 Å². The van der Waals surface area contributed by atoms with Gasteiger partial charge in [0.15, 0.2) is 0 Å². The number of fused-ring (bicyclic) bond motifs is 4. The van der Waals surface area contributed by atoms with Crippen molar-refractivity contribution in [3.8, 4) is 0 Å². The highest BCUT2D eigenvalue weighted by atomic mass is 35.5. The number of carbonyl (C=O) groups excluding carboxylic acids is 1. The molecule has 6 aromatic rings. The molecule has 0 unspecified atom stereocenters. The number of alkyl halides is 2. The smallest absolute Gasteiger partial charge is 0.246 e. The Labute approximate surface area is 350 Å². The average molecular weight is 834 g/mol. The second-order valence-electron chi connectivity index (χ2n) is 13.6. The van der Waals surface area contributed by atoms with Crippen molar-refractivity contribution in [3.05, 3.63) is 168 Å². The molecule has 10 rings (SSSR count). The fourth-order valence-electron chi connectivity index (χ4n) is 7.79. The molecule has 4 heterocycles. The summed E-state index contributed by atoms with van der Waals surface area (Å²) in [5.41, 5.74) is 7.79. The van der Waals surface area contributed by atoms with Gasteiger partial charge in [0.25, 0.3) is 0 Å². The maximum absolute atomic E-state index is 12.8. The van der Waals surface area contributed by atoms with Crippen molar-refractivity contribution < 1.29 is 23.7 Å². The molecule has 0 radical (unpaired) electrons. The highest BCUT2D eigenvalue weighted by Crippen LogP contribution is 2.52. The minimum absolute atomic E-state index is 0.0977.